The van der Waals surface area contributed by atoms with Crippen LogP contribution in [-0.4, -0.2) is 29.1 Å². The molecule has 0 unspecified atom stereocenters. The van der Waals surface area contributed by atoms with Crippen LogP contribution in [0.1, 0.15) is 65.2 Å². The maximum atomic E-state index is 11.8. The molecule has 1 N–H and O–H groups in total. The molecule has 4 nitrogen and oxygen atoms in total. The second-order valence-corrected chi connectivity index (χ2v) is 9.08. The molecule has 0 saturated heterocycles. The van der Waals surface area contributed by atoms with Crippen molar-refractivity contribution in [3.63, 3.8) is 0 Å². The topological polar surface area (TPSA) is 63.6 Å². The average molecular weight is 334 g/mol. The Labute approximate surface area is 144 Å². The van der Waals surface area contributed by atoms with Crippen LogP contribution in [0.15, 0.2) is 0 Å². The summed E-state index contributed by atoms with van der Waals surface area (Å²) in [5.74, 6) is 2.57. The van der Waals surface area contributed by atoms with Gasteiger partial charge in [0.25, 0.3) is 0 Å². The van der Waals surface area contributed by atoms with Gasteiger partial charge in [-0.3, -0.25) is 9.59 Å². The van der Waals surface area contributed by atoms with E-state index in [1.165, 1.54) is 6.92 Å². The van der Waals surface area contributed by atoms with Gasteiger partial charge in [0.15, 0.2) is 0 Å². The minimum atomic E-state index is -0.289. The number of carbonyl (C=O) groups is 2. The van der Waals surface area contributed by atoms with Crippen LogP contribution in [0.3, 0.4) is 0 Å². The van der Waals surface area contributed by atoms with Crippen molar-refractivity contribution in [2.75, 3.05) is 0 Å². The van der Waals surface area contributed by atoms with Gasteiger partial charge in [-0.15, -0.1) is 0 Å². The highest BCUT2D eigenvalue weighted by atomic mass is 16.5. The molecule has 4 aliphatic rings. The summed E-state index contributed by atoms with van der Waals surface area (Å²) >= 11 is 0. The van der Waals surface area contributed by atoms with Crippen molar-refractivity contribution in [3.05, 3.63) is 0 Å². The Bertz CT molecular complexity index is 544. The molecule has 0 radical (unpaired) electrons. The van der Waals surface area contributed by atoms with Crippen molar-refractivity contribution in [1.29, 1.82) is 0 Å². The SMILES string of the molecule is CC(=O)O[C@H]1CC[C@H]2[C@H]3[C@H](CC[C@]12C)[C@H]1CCC(=O)C[C@@H]1C[C@@H]3O. The number of carbonyl (C=O) groups excluding carboxylic acids is 2. The first-order valence-electron chi connectivity index (χ1n) is 9.77. The molecule has 0 heterocycles. The zero-order chi connectivity index (χ0) is 17.1. The highest BCUT2D eigenvalue weighted by molar-refractivity contribution is 5.79. The number of ketones is 1. The summed E-state index contributed by atoms with van der Waals surface area (Å²) in [5, 5.41) is 10.9. The van der Waals surface area contributed by atoms with E-state index in [0.717, 1.165) is 44.9 Å². The minimum Gasteiger partial charge on any atom is -0.462 e. The Hall–Kier alpha value is -0.900. The van der Waals surface area contributed by atoms with Crippen molar-refractivity contribution < 1.29 is 19.4 Å². The number of esters is 1. The minimum absolute atomic E-state index is 0.0128. The van der Waals surface area contributed by atoms with Gasteiger partial charge < -0.3 is 9.84 Å². The fourth-order valence-corrected chi connectivity index (χ4v) is 7.02. The predicted octanol–water partition coefficient (Wildman–Crippen LogP) is 3.11. The molecule has 0 aromatic carbocycles. The molecule has 8 atom stereocenters. The lowest BCUT2D eigenvalue weighted by Crippen LogP contribution is -2.54. The third-order valence-electron chi connectivity index (χ3n) is 8.00. The summed E-state index contributed by atoms with van der Waals surface area (Å²) in [4.78, 5) is 23.3. The Morgan fingerprint density at radius 3 is 2.75 bits per heavy atom. The molecule has 4 rings (SSSR count). The molecule has 0 aromatic rings. The molecule has 0 amide bonds. The molecule has 4 aliphatic carbocycles. The van der Waals surface area contributed by atoms with E-state index < -0.39 is 0 Å². The van der Waals surface area contributed by atoms with Crippen molar-refractivity contribution in [3.8, 4) is 0 Å². The van der Waals surface area contributed by atoms with Gasteiger partial charge in [-0.1, -0.05) is 6.92 Å². The summed E-state index contributed by atoms with van der Waals surface area (Å²) in [6.45, 7) is 3.78. The monoisotopic (exact) mass is 334 g/mol. The van der Waals surface area contributed by atoms with Gasteiger partial charge in [0.1, 0.15) is 11.9 Å². The van der Waals surface area contributed by atoms with Crippen LogP contribution in [0.4, 0.5) is 0 Å². The van der Waals surface area contributed by atoms with Crippen LogP contribution < -0.4 is 0 Å². The third kappa shape index (κ3) is 2.44. The molecule has 0 spiro atoms. The van der Waals surface area contributed by atoms with Crippen LogP contribution >= 0.6 is 0 Å². The molecule has 0 aromatic heterocycles. The number of rotatable bonds is 1. The lowest BCUT2D eigenvalue weighted by Gasteiger charge is -2.56. The molecule has 24 heavy (non-hydrogen) atoms. The van der Waals surface area contributed by atoms with Gasteiger partial charge in [0, 0.05) is 25.2 Å². The van der Waals surface area contributed by atoms with E-state index in [1.807, 2.05) is 0 Å². The fraction of sp³-hybridized carbons (Fsp3) is 0.900. The molecule has 4 fully saturated rings. The van der Waals surface area contributed by atoms with E-state index in [0.29, 0.717) is 41.8 Å². The molecule has 134 valence electrons. The second kappa shape index (κ2) is 5.82. The van der Waals surface area contributed by atoms with Gasteiger partial charge in [-0.05, 0) is 68.1 Å². The van der Waals surface area contributed by atoms with Gasteiger partial charge in [0.05, 0.1) is 6.10 Å². The van der Waals surface area contributed by atoms with Crippen molar-refractivity contribution >= 4 is 11.8 Å². The standard InChI is InChI=1S/C20H30O4/c1-11(21)24-18-6-5-16-19-15(7-8-20(16,18)2)14-4-3-13(22)9-12(14)10-17(19)23/h12,14-19,23H,3-10H2,1-2H3/t12-,14+,15-,16+,17+,18+,19-,20+/m1/s1. The summed E-state index contributed by atoms with van der Waals surface area (Å²) in [6, 6.07) is 0. The zero-order valence-electron chi connectivity index (χ0n) is 14.9. The van der Waals surface area contributed by atoms with Crippen molar-refractivity contribution in [1.82, 2.24) is 0 Å². The van der Waals surface area contributed by atoms with E-state index in [2.05, 4.69) is 6.92 Å². The molecule has 0 bridgehead atoms. The first-order valence-corrected chi connectivity index (χ1v) is 9.77. The quantitative estimate of drug-likeness (QED) is 0.748. The Kier molecular flexibility index (Phi) is 4.02. The van der Waals surface area contributed by atoms with Gasteiger partial charge in [-0.25, -0.2) is 0 Å². The van der Waals surface area contributed by atoms with E-state index >= 15 is 0 Å². The Morgan fingerprint density at radius 1 is 1.21 bits per heavy atom. The molecular formula is C20H30O4. The number of aliphatic hydroxyl groups is 1. The normalized spacial score (nSPS) is 50.6. The van der Waals surface area contributed by atoms with Crippen molar-refractivity contribution in [2.45, 2.75) is 77.4 Å². The highest BCUT2D eigenvalue weighted by Gasteiger charge is 2.60. The average Bonchev–Trinajstić information content (AvgIpc) is 2.83. The smallest absolute Gasteiger partial charge is 0.302 e. The van der Waals surface area contributed by atoms with E-state index in [1.54, 1.807) is 0 Å². The zero-order valence-corrected chi connectivity index (χ0v) is 14.9. The largest absolute Gasteiger partial charge is 0.462 e. The number of hydrogen-bond donors (Lipinski definition) is 1. The van der Waals surface area contributed by atoms with Crippen LogP contribution in [0.2, 0.25) is 0 Å². The number of aliphatic hydroxyl groups excluding tert-OH is 1. The van der Waals surface area contributed by atoms with Crippen LogP contribution in [0, 0.1) is 35.0 Å². The highest BCUT2D eigenvalue weighted by Crippen LogP contribution is 2.62. The van der Waals surface area contributed by atoms with Crippen LogP contribution in [0.25, 0.3) is 0 Å². The number of fused-ring (bicyclic) bond motifs is 5. The molecule has 0 aliphatic heterocycles. The summed E-state index contributed by atoms with van der Waals surface area (Å²) < 4.78 is 5.65. The summed E-state index contributed by atoms with van der Waals surface area (Å²) in [7, 11) is 0. The van der Waals surface area contributed by atoms with Gasteiger partial charge in [-0.2, -0.15) is 0 Å². The third-order valence-corrected chi connectivity index (χ3v) is 8.00. The first-order chi connectivity index (χ1) is 11.4. The summed E-state index contributed by atoms with van der Waals surface area (Å²) in [5.41, 5.74) is 0.0190. The van der Waals surface area contributed by atoms with E-state index in [9.17, 15) is 14.7 Å². The number of ether oxygens (including phenoxy) is 1. The Morgan fingerprint density at radius 2 is 2.00 bits per heavy atom. The molecule has 4 saturated carbocycles. The second-order valence-electron chi connectivity index (χ2n) is 9.08. The lowest BCUT2D eigenvalue weighted by atomic mass is 9.49. The fourth-order valence-electron chi connectivity index (χ4n) is 7.02. The van der Waals surface area contributed by atoms with E-state index in [4.69, 9.17) is 4.74 Å². The van der Waals surface area contributed by atoms with Crippen LogP contribution in [-0.2, 0) is 14.3 Å². The number of Topliss-reactive ketones (excluding diaryl/α,β-unsaturated/α-hetero) is 1. The molecular weight excluding hydrogens is 304 g/mol. The van der Waals surface area contributed by atoms with Gasteiger partial charge >= 0.3 is 5.97 Å². The number of hydrogen-bond acceptors (Lipinski definition) is 4. The van der Waals surface area contributed by atoms with Gasteiger partial charge in [0.2, 0.25) is 0 Å². The lowest BCUT2D eigenvalue weighted by molar-refractivity contribution is -0.164. The first kappa shape index (κ1) is 16.6. The molecule has 4 heteroatoms. The van der Waals surface area contributed by atoms with E-state index in [-0.39, 0.29) is 23.6 Å². The maximum absolute atomic E-state index is 11.8. The summed E-state index contributed by atoms with van der Waals surface area (Å²) in [6.07, 6.45) is 7.15. The van der Waals surface area contributed by atoms with Crippen LogP contribution in [0.5, 0.6) is 0 Å². The predicted molar refractivity (Wildman–Crippen MR) is 89.1 cm³/mol. The Balaban J connectivity index is 1.58. The maximum Gasteiger partial charge on any atom is 0.302 e. The van der Waals surface area contributed by atoms with Crippen molar-refractivity contribution in [2.24, 2.45) is 35.0 Å².